The minimum Gasteiger partial charge on any atom is -0.474 e. The summed E-state index contributed by atoms with van der Waals surface area (Å²) in [6, 6.07) is -0.157. The van der Waals surface area contributed by atoms with Gasteiger partial charge in [-0.15, -0.1) is 11.8 Å². The van der Waals surface area contributed by atoms with Crippen LogP contribution in [0.2, 0.25) is 0 Å². The molecule has 0 fully saturated rings. The largest absolute Gasteiger partial charge is 0.474 e. The Morgan fingerprint density at radius 2 is 1.00 bits per heavy atom. The Morgan fingerprint density at radius 1 is 0.618 bits per heavy atom. The first-order chi connectivity index (χ1) is 14.0. The van der Waals surface area contributed by atoms with Crippen LogP contribution < -0.4 is 37.2 Å². The summed E-state index contributed by atoms with van der Waals surface area (Å²) in [6.45, 7) is 0. The summed E-state index contributed by atoms with van der Waals surface area (Å²) in [5, 5.41) is 19.2. The van der Waals surface area contributed by atoms with Crippen molar-refractivity contribution in [3.05, 3.63) is 0 Å². The molecule has 15 heteroatoms. The number of thiocarbonyl (C=S) groups is 3. The Bertz CT molecular complexity index is 339. The van der Waals surface area contributed by atoms with Crippen LogP contribution in [0.4, 0.5) is 9.59 Å². The van der Waals surface area contributed by atoms with Gasteiger partial charge in [-0.2, -0.15) is 0 Å². The van der Waals surface area contributed by atoms with Gasteiger partial charge in [0, 0.05) is 49.3 Å². The number of rotatable bonds is 0. The highest BCUT2D eigenvalue weighted by molar-refractivity contribution is 8.22. The highest BCUT2D eigenvalue weighted by atomic mass is 32.2. The Labute approximate surface area is 235 Å². The van der Waals surface area contributed by atoms with Crippen molar-refractivity contribution in [2.75, 3.05) is 69.0 Å². The van der Waals surface area contributed by atoms with E-state index in [-0.39, 0.29) is 41.0 Å². The molecule has 0 aromatic rings. The Morgan fingerprint density at radius 3 is 1.00 bits per heavy atom. The summed E-state index contributed by atoms with van der Waals surface area (Å²) in [4.78, 5) is 20.0. The average molecular weight is 588 g/mol. The maximum Gasteiger partial charge on any atom is 0.314 e. The first-order valence-corrected chi connectivity index (χ1v) is 11.8. The number of methoxy groups -OCH3 is 1. The van der Waals surface area contributed by atoms with Crippen molar-refractivity contribution in [3.63, 3.8) is 0 Å². The van der Waals surface area contributed by atoms with Crippen LogP contribution in [-0.2, 0) is 4.74 Å². The van der Waals surface area contributed by atoms with Gasteiger partial charge in [-0.3, -0.25) is 4.79 Å². The number of ether oxygens (including phenoxy) is 1. The van der Waals surface area contributed by atoms with Gasteiger partial charge in [-0.25, -0.2) is 4.79 Å². The fourth-order valence-electron chi connectivity index (χ4n) is 0.556. The highest BCUT2D eigenvalue weighted by Gasteiger charge is 1.85. The zero-order chi connectivity index (χ0) is 25.0. The summed E-state index contributed by atoms with van der Waals surface area (Å²) in [7, 11) is 13.4. The molecule has 212 valence electrons. The smallest absolute Gasteiger partial charge is 0.314 e. The number of urea groups is 1. The minimum atomic E-state index is -0.157. The van der Waals surface area contributed by atoms with Gasteiger partial charge in [-0.05, 0) is 36.9 Å². The minimum absolute atomic E-state index is 0. The van der Waals surface area contributed by atoms with Gasteiger partial charge < -0.3 is 42.0 Å². The lowest BCUT2D eigenvalue weighted by Gasteiger charge is -1.95. The topological polar surface area (TPSA) is 128 Å². The Balaban J connectivity index is -0.0000000319. The maximum absolute atomic E-state index is 10.0. The number of nitrogens with one attached hydrogen (secondary N) is 7. The molecule has 0 aliphatic rings. The molecule has 0 rings (SSSR count). The van der Waals surface area contributed by atoms with Crippen LogP contribution in [0.1, 0.15) is 29.7 Å². The molecule has 0 bridgehead atoms. The van der Waals surface area contributed by atoms with E-state index in [9.17, 15) is 9.59 Å². The number of hydrogen-bond donors (Lipinski definition) is 7. The standard InChI is InChI=1S/C3H8N2O.C3H8N2S.2C3H7NOS.C3H7NS2.4CH4/c2*1-4-3(6)5-2;1-4-3(5)6-2;1-4-3(6)5-2;1-4-3(5)6-2;;;;/h2*1-2H3,(H2,4,5,6);1-2H3,(H,4,5);1-2H3,(H,4,6);1-2H3,(H,4,5);4*1H4. The predicted octanol–water partition coefficient (Wildman–Crippen LogP) is 3.48. The molecular weight excluding hydrogens is 535 g/mol. The quantitative estimate of drug-likeness (QED) is 0.210. The van der Waals surface area contributed by atoms with Crippen molar-refractivity contribution in [2.24, 2.45) is 0 Å². The molecule has 0 atom stereocenters. The molecule has 0 saturated heterocycles. The number of thioether (sulfide) groups is 2. The second kappa shape index (κ2) is 53.2. The second-order valence-electron chi connectivity index (χ2n) is 3.88. The van der Waals surface area contributed by atoms with Crippen LogP contribution in [0, 0.1) is 0 Å². The molecule has 10 nitrogen and oxygen atoms in total. The van der Waals surface area contributed by atoms with Gasteiger partial charge in [0.1, 0.15) is 4.32 Å². The molecule has 0 saturated carbocycles. The van der Waals surface area contributed by atoms with Crippen molar-refractivity contribution in [1.82, 2.24) is 37.2 Å². The molecule has 0 aromatic heterocycles. The highest BCUT2D eigenvalue weighted by Crippen LogP contribution is 1.90. The van der Waals surface area contributed by atoms with Crippen molar-refractivity contribution in [3.8, 4) is 0 Å². The molecule has 3 amide bonds. The van der Waals surface area contributed by atoms with Crippen LogP contribution in [0.5, 0.6) is 0 Å². The molecule has 34 heavy (non-hydrogen) atoms. The third kappa shape index (κ3) is 77.4. The van der Waals surface area contributed by atoms with Crippen molar-refractivity contribution >= 4 is 86.1 Å². The van der Waals surface area contributed by atoms with Gasteiger partial charge >= 0.3 is 6.03 Å². The van der Waals surface area contributed by atoms with Gasteiger partial charge in [0.05, 0.1) is 7.11 Å². The van der Waals surface area contributed by atoms with E-state index in [1.54, 1.807) is 60.3 Å². The fourth-order valence-corrected chi connectivity index (χ4v) is 0.964. The monoisotopic (exact) mass is 587 g/mol. The van der Waals surface area contributed by atoms with Crippen molar-refractivity contribution < 1.29 is 14.3 Å². The van der Waals surface area contributed by atoms with Gasteiger partial charge in [-0.1, -0.05) is 53.7 Å². The van der Waals surface area contributed by atoms with E-state index in [0.29, 0.717) is 10.3 Å². The third-order valence-corrected chi connectivity index (χ3v) is 4.71. The summed E-state index contributed by atoms with van der Waals surface area (Å²) < 4.78 is 5.36. The molecule has 7 N–H and O–H groups in total. The number of carbonyl (C=O) groups excluding carboxylic acids is 2. The lowest BCUT2D eigenvalue weighted by atomic mass is 11.0. The third-order valence-electron chi connectivity index (χ3n) is 2.08. The Hall–Kier alpha value is -1.29. The molecular formula is C19H53N7O3S5. The number of carbonyl (C=O) groups is 2. The summed E-state index contributed by atoms with van der Waals surface area (Å²) in [5.74, 6) is 0. The van der Waals surface area contributed by atoms with Crippen LogP contribution in [0.3, 0.4) is 0 Å². The van der Waals surface area contributed by atoms with Crippen LogP contribution in [0.25, 0.3) is 0 Å². The normalized spacial score (nSPS) is 6.41. The summed E-state index contributed by atoms with van der Waals surface area (Å²) >= 11 is 16.6. The zero-order valence-corrected chi connectivity index (χ0v) is 23.3. The first-order valence-electron chi connectivity index (χ1n) is 8.11. The zero-order valence-electron chi connectivity index (χ0n) is 19.3. The van der Waals surface area contributed by atoms with E-state index < -0.39 is 0 Å². The number of hydrogen-bond acceptors (Lipinski definition) is 8. The van der Waals surface area contributed by atoms with E-state index in [1.165, 1.54) is 18.9 Å². The van der Waals surface area contributed by atoms with E-state index in [1.807, 2.05) is 13.3 Å². The van der Waals surface area contributed by atoms with E-state index >= 15 is 0 Å². The van der Waals surface area contributed by atoms with Crippen molar-refractivity contribution in [2.45, 2.75) is 29.7 Å². The van der Waals surface area contributed by atoms with Crippen LogP contribution in [0.15, 0.2) is 0 Å². The summed E-state index contributed by atoms with van der Waals surface area (Å²) in [5.41, 5.74) is 0. The summed E-state index contributed by atoms with van der Waals surface area (Å²) in [6.07, 6.45) is 3.68. The molecule has 0 aromatic carbocycles. The molecule has 0 spiro atoms. The predicted molar refractivity (Wildman–Crippen MR) is 173 cm³/mol. The van der Waals surface area contributed by atoms with Gasteiger partial charge in [0.15, 0.2) is 5.11 Å². The van der Waals surface area contributed by atoms with Crippen molar-refractivity contribution in [1.29, 1.82) is 0 Å². The van der Waals surface area contributed by atoms with Gasteiger partial charge in [0.25, 0.3) is 10.4 Å². The molecule has 0 aliphatic heterocycles. The molecule has 0 aliphatic carbocycles. The fraction of sp³-hybridized carbons (Fsp3) is 0.737. The van der Waals surface area contributed by atoms with Crippen LogP contribution in [-0.4, -0.2) is 94.8 Å². The van der Waals surface area contributed by atoms with E-state index in [2.05, 4.69) is 66.4 Å². The number of amides is 3. The van der Waals surface area contributed by atoms with Gasteiger partial charge in [0.2, 0.25) is 0 Å². The van der Waals surface area contributed by atoms with E-state index in [0.717, 1.165) is 4.32 Å². The maximum atomic E-state index is 10.0. The lowest BCUT2D eigenvalue weighted by molar-refractivity contribution is 0.245. The second-order valence-corrected chi connectivity index (χ2v) is 6.92. The SMILES string of the molecule is C.C.C.C.CNC(=O)NC.CNC(=O)SC.CNC(=S)NC.CNC(=S)OC.CNC(=S)SC. The van der Waals surface area contributed by atoms with E-state index in [4.69, 9.17) is 12.2 Å². The molecule has 0 unspecified atom stereocenters. The lowest BCUT2D eigenvalue weighted by Crippen LogP contribution is -2.28. The Kier molecular flexibility index (Phi) is 91.5. The molecule has 0 heterocycles. The first kappa shape index (κ1) is 58.5. The molecule has 0 radical (unpaired) electrons. The van der Waals surface area contributed by atoms with Crippen LogP contribution >= 0.6 is 60.2 Å². The average Bonchev–Trinajstić information content (AvgIpc) is 2.82.